The van der Waals surface area contributed by atoms with Crippen molar-refractivity contribution in [1.82, 2.24) is 20.1 Å². The summed E-state index contributed by atoms with van der Waals surface area (Å²) in [4.78, 5) is 28.9. The van der Waals surface area contributed by atoms with Crippen molar-refractivity contribution in [1.29, 1.82) is 0 Å². The number of fused-ring (bicyclic) bond motifs is 2. The number of carbonyl (C=O) groups excluding carboxylic acids is 2. The lowest BCUT2D eigenvalue weighted by atomic mass is 9.90. The molecule has 3 aromatic rings. The van der Waals surface area contributed by atoms with Crippen LogP contribution in [0.5, 0.6) is 11.5 Å². The van der Waals surface area contributed by atoms with Crippen LogP contribution in [0.1, 0.15) is 42.4 Å². The molecule has 2 aromatic heterocycles. The van der Waals surface area contributed by atoms with Gasteiger partial charge in [-0.05, 0) is 23.8 Å². The second-order valence-electron chi connectivity index (χ2n) is 8.36. The van der Waals surface area contributed by atoms with Crippen molar-refractivity contribution >= 4 is 22.9 Å². The van der Waals surface area contributed by atoms with Crippen molar-refractivity contribution < 1.29 is 23.8 Å². The van der Waals surface area contributed by atoms with E-state index in [0.29, 0.717) is 17.1 Å². The Hall–Kier alpha value is -3.62. The molecule has 162 valence electrons. The Morgan fingerprint density at radius 1 is 1.19 bits per heavy atom. The van der Waals surface area contributed by atoms with E-state index in [9.17, 15) is 9.59 Å². The molecule has 1 aliphatic rings. The predicted octanol–water partition coefficient (Wildman–Crippen LogP) is 2.47. The molecule has 1 aliphatic heterocycles. The van der Waals surface area contributed by atoms with Gasteiger partial charge in [-0.3, -0.25) is 9.48 Å². The minimum atomic E-state index is -0.614. The number of hydrogen-bond acceptors (Lipinski definition) is 7. The van der Waals surface area contributed by atoms with Gasteiger partial charge in [0.1, 0.15) is 0 Å². The largest absolute Gasteiger partial charge is 0.454 e. The van der Waals surface area contributed by atoms with E-state index in [2.05, 4.69) is 15.4 Å². The average molecular weight is 424 g/mol. The highest BCUT2D eigenvalue weighted by Gasteiger charge is 2.23. The zero-order valence-corrected chi connectivity index (χ0v) is 17.9. The molecule has 1 amide bonds. The van der Waals surface area contributed by atoms with E-state index >= 15 is 0 Å². The molecule has 0 spiro atoms. The molecule has 3 heterocycles. The summed E-state index contributed by atoms with van der Waals surface area (Å²) in [7, 11) is 1.81. The predicted molar refractivity (Wildman–Crippen MR) is 112 cm³/mol. The molecule has 0 radical (unpaired) electrons. The second kappa shape index (κ2) is 7.90. The molecule has 0 bridgehead atoms. The van der Waals surface area contributed by atoms with Crippen molar-refractivity contribution in [2.45, 2.75) is 32.7 Å². The first-order valence-electron chi connectivity index (χ1n) is 9.88. The molecule has 0 atom stereocenters. The van der Waals surface area contributed by atoms with Crippen LogP contribution in [0.2, 0.25) is 0 Å². The Balaban J connectivity index is 1.37. The smallest absolute Gasteiger partial charge is 0.340 e. The van der Waals surface area contributed by atoms with E-state index in [4.69, 9.17) is 14.2 Å². The highest BCUT2D eigenvalue weighted by atomic mass is 16.7. The number of aromatic nitrogens is 3. The summed E-state index contributed by atoms with van der Waals surface area (Å²) in [6.07, 6.45) is 1.43. The third-order valence-electron chi connectivity index (χ3n) is 4.89. The summed E-state index contributed by atoms with van der Waals surface area (Å²) in [5.74, 6) is 0.303. The molecule has 1 aromatic carbocycles. The summed E-state index contributed by atoms with van der Waals surface area (Å²) in [5.41, 5.74) is 2.44. The number of pyridine rings is 1. The highest BCUT2D eigenvalue weighted by Crippen LogP contribution is 2.32. The van der Waals surface area contributed by atoms with E-state index in [1.807, 2.05) is 33.9 Å². The van der Waals surface area contributed by atoms with Gasteiger partial charge in [-0.25, -0.2) is 9.78 Å². The topological polar surface area (TPSA) is 105 Å². The lowest BCUT2D eigenvalue weighted by molar-refractivity contribution is -0.124. The third kappa shape index (κ3) is 4.30. The van der Waals surface area contributed by atoms with E-state index in [1.165, 1.54) is 6.20 Å². The minimum absolute atomic E-state index is 0.192. The van der Waals surface area contributed by atoms with Crippen LogP contribution in [0.3, 0.4) is 0 Å². The maximum Gasteiger partial charge on any atom is 0.340 e. The van der Waals surface area contributed by atoms with E-state index in [1.54, 1.807) is 22.9 Å². The van der Waals surface area contributed by atoms with Crippen LogP contribution in [0, 0.1) is 0 Å². The Morgan fingerprint density at radius 2 is 1.97 bits per heavy atom. The number of nitrogens with zero attached hydrogens (tertiary/aromatic N) is 3. The van der Waals surface area contributed by atoms with Gasteiger partial charge in [0, 0.05) is 30.6 Å². The van der Waals surface area contributed by atoms with Gasteiger partial charge in [0.2, 0.25) is 6.79 Å². The number of carbonyl (C=O) groups is 2. The van der Waals surface area contributed by atoms with E-state index in [0.717, 1.165) is 16.6 Å². The molecular formula is C22H24N4O5. The molecule has 1 N–H and O–H groups in total. The first-order valence-corrected chi connectivity index (χ1v) is 9.88. The lowest BCUT2D eigenvalue weighted by Crippen LogP contribution is -2.28. The number of ether oxygens (including phenoxy) is 3. The number of rotatable bonds is 5. The van der Waals surface area contributed by atoms with Crippen LogP contribution >= 0.6 is 0 Å². The molecule has 0 unspecified atom stereocenters. The van der Waals surface area contributed by atoms with Crippen molar-refractivity contribution in [2.24, 2.45) is 7.05 Å². The first kappa shape index (κ1) is 20.6. The molecule has 0 fully saturated rings. The maximum absolute atomic E-state index is 12.5. The molecule has 4 rings (SSSR count). The molecule has 31 heavy (non-hydrogen) atoms. The molecule has 9 nitrogen and oxygen atoms in total. The molecule has 0 saturated heterocycles. The van der Waals surface area contributed by atoms with Gasteiger partial charge in [0.15, 0.2) is 23.8 Å². The maximum atomic E-state index is 12.5. The Labute approximate surface area is 179 Å². The minimum Gasteiger partial charge on any atom is -0.454 e. The fraction of sp³-hybridized carbons (Fsp3) is 0.364. The summed E-state index contributed by atoms with van der Waals surface area (Å²) in [6.45, 7) is 6.22. The lowest BCUT2D eigenvalue weighted by Gasteiger charge is -2.15. The highest BCUT2D eigenvalue weighted by molar-refractivity contribution is 5.95. The monoisotopic (exact) mass is 424 g/mol. The Kier molecular flexibility index (Phi) is 5.26. The van der Waals surface area contributed by atoms with Gasteiger partial charge < -0.3 is 19.5 Å². The standard InChI is InChI=1S/C22H24N4O5/c1-22(2,3)19-15-8-14(10-24-20(15)26(4)25-19)21(28)29-11-18(27)23-9-13-5-6-16-17(7-13)31-12-30-16/h5-8,10H,9,11-12H2,1-4H3,(H,23,27). The fourth-order valence-electron chi connectivity index (χ4n) is 3.32. The first-order chi connectivity index (χ1) is 14.7. The van der Waals surface area contributed by atoms with Crippen LogP contribution in [-0.2, 0) is 28.5 Å². The SMILES string of the molecule is Cn1nc(C(C)(C)C)c2cc(C(=O)OCC(=O)NCc3ccc4c(c3)OCO4)cnc21. The number of hydrogen-bond donors (Lipinski definition) is 1. The normalized spacial score (nSPS) is 12.8. The molecule has 0 saturated carbocycles. The summed E-state index contributed by atoms with van der Waals surface area (Å²) in [6, 6.07) is 7.14. The summed E-state index contributed by atoms with van der Waals surface area (Å²) >= 11 is 0. The van der Waals surface area contributed by atoms with Crippen LogP contribution in [0.25, 0.3) is 11.0 Å². The van der Waals surface area contributed by atoms with Crippen molar-refractivity contribution in [3.8, 4) is 11.5 Å². The van der Waals surface area contributed by atoms with Crippen LogP contribution in [0.4, 0.5) is 0 Å². The molecule has 0 aliphatic carbocycles. The third-order valence-corrected chi connectivity index (χ3v) is 4.89. The van der Waals surface area contributed by atoms with Crippen LogP contribution in [0.15, 0.2) is 30.5 Å². The summed E-state index contributed by atoms with van der Waals surface area (Å²) in [5, 5.41) is 8.04. The van der Waals surface area contributed by atoms with Crippen LogP contribution < -0.4 is 14.8 Å². The number of nitrogens with one attached hydrogen (secondary N) is 1. The van der Waals surface area contributed by atoms with Gasteiger partial charge in [-0.1, -0.05) is 26.8 Å². The molecule has 9 heteroatoms. The van der Waals surface area contributed by atoms with Gasteiger partial charge >= 0.3 is 5.97 Å². The quantitative estimate of drug-likeness (QED) is 0.628. The number of esters is 1. The van der Waals surface area contributed by atoms with Crippen molar-refractivity contribution in [3.63, 3.8) is 0 Å². The van der Waals surface area contributed by atoms with Gasteiger partial charge in [0.25, 0.3) is 5.91 Å². The Morgan fingerprint density at radius 3 is 2.74 bits per heavy atom. The number of amides is 1. The molecular weight excluding hydrogens is 400 g/mol. The Bertz CT molecular complexity index is 1160. The van der Waals surface area contributed by atoms with E-state index < -0.39 is 11.9 Å². The van der Waals surface area contributed by atoms with Gasteiger partial charge in [-0.15, -0.1) is 0 Å². The summed E-state index contributed by atoms with van der Waals surface area (Å²) < 4.78 is 17.4. The fourth-order valence-corrected chi connectivity index (χ4v) is 3.32. The van der Waals surface area contributed by atoms with Gasteiger partial charge in [0.05, 0.1) is 11.3 Å². The zero-order valence-electron chi connectivity index (χ0n) is 17.9. The van der Waals surface area contributed by atoms with Gasteiger partial charge in [-0.2, -0.15) is 5.10 Å². The number of benzene rings is 1. The van der Waals surface area contributed by atoms with E-state index in [-0.39, 0.29) is 30.9 Å². The second-order valence-corrected chi connectivity index (χ2v) is 8.36. The van der Waals surface area contributed by atoms with Crippen molar-refractivity contribution in [3.05, 3.63) is 47.3 Å². The van der Waals surface area contributed by atoms with Crippen LogP contribution in [-0.4, -0.2) is 40.0 Å². The average Bonchev–Trinajstić information content (AvgIpc) is 3.33. The number of aryl methyl sites for hydroxylation is 1. The zero-order chi connectivity index (χ0) is 22.2. The van der Waals surface area contributed by atoms with Crippen molar-refractivity contribution in [2.75, 3.05) is 13.4 Å².